The van der Waals surface area contributed by atoms with E-state index in [1.54, 1.807) is 23.1 Å². The molecule has 1 aromatic rings. The van der Waals surface area contributed by atoms with Gasteiger partial charge in [-0.3, -0.25) is 4.79 Å². The van der Waals surface area contributed by atoms with Crippen molar-refractivity contribution in [3.63, 3.8) is 0 Å². The molecule has 0 unspecified atom stereocenters. The zero-order valence-corrected chi connectivity index (χ0v) is 11.9. The van der Waals surface area contributed by atoms with E-state index in [2.05, 4.69) is 0 Å². The Kier molecular flexibility index (Phi) is 4.84. The lowest BCUT2D eigenvalue weighted by atomic mass is 10.1. The van der Waals surface area contributed by atoms with Crippen LogP contribution >= 0.6 is 11.6 Å². The van der Waals surface area contributed by atoms with Gasteiger partial charge in [-0.2, -0.15) is 0 Å². The quantitative estimate of drug-likeness (QED) is 0.685. The van der Waals surface area contributed by atoms with Gasteiger partial charge in [0.1, 0.15) is 5.56 Å². The van der Waals surface area contributed by atoms with Crippen LogP contribution in [0.3, 0.4) is 0 Å². The summed E-state index contributed by atoms with van der Waals surface area (Å²) in [6, 6.07) is 4.77. The number of hydrogen-bond donors (Lipinski definition) is 1. The zero-order valence-electron chi connectivity index (χ0n) is 11.1. The molecule has 1 fully saturated rings. The van der Waals surface area contributed by atoms with Gasteiger partial charge in [0.25, 0.3) is 5.91 Å². The van der Waals surface area contributed by atoms with Crippen LogP contribution in [0.1, 0.15) is 29.6 Å². The van der Waals surface area contributed by atoms with Crippen LogP contribution in [0.25, 0.3) is 0 Å². The first kappa shape index (κ1) is 14.7. The van der Waals surface area contributed by atoms with E-state index in [4.69, 9.17) is 22.1 Å². The van der Waals surface area contributed by atoms with Crippen LogP contribution in [0, 0.1) is 0 Å². The zero-order chi connectivity index (χ0) is 14.5. The van der Waals surface area contributed by atoms with Gasteiger partial charge >= 0.3 is 5.97 Å². The number of piperidine rings is 1. The molecular formula is C14H17ClN2O3. The third kappa shape index (κ3) is 3.42. The number of carbonyl (C=O) groups excluding carboxylic acids is 2. The second-order valence-corrected chi connectivity index (χ2v) is 5.13. The third-order valence-electron chi connectivity index (χ3n) is 3.29. The summed E-state index contributed by atoms with van der Waals surface area (Å²) in [6.45, 7) is 1.18. The van der Waals surface area contributed by atoms with Crippen LogP contribution in [0.2, 0.25) is 5.02 Å². The van der Waals surface area contributed by atoms with Crippen LogP contribution in [0.5, 0.6) is 0 Å². The van der Waals surface area contributed by atoms with Gasteiger partial charge < -0.3 is 15.4 Å². The highest BCUT2D eigenvalue weighted by Gasteiger charge is 2.20. The molecule has 1 aromatic carbocycles. The lowest BCUT2D eigenvalue weighted by molar-refractivity contribution is -0.135. The van der Waals surface area contributed by atoms with Gasteiger partial charge in [0.05, 0.1) is 5.02 Å². The van der Waals surface area contributed by atoms with E-state index in [9.17, 15) is 9.59 Å². The summed E-state index contributed by atoms with van der Waals surface area (Å²) < 4.78 is 5.01. The lowest BCUT2D eigenvalue weighted by Crippen LogP contribution is -2.38. The Bertz CT molecular complexity index is 493. The molecule has 20 heavy (non-hydrogen) atoms. The Labute approximate surface area is 122 Å². The number of likely N-dealkylation sites (tertiary alicyclic amines) is 1. The van der Waals surface area contributed by atoms with E-state index in [0.29, 0.717) is 0 Å². The molecule has 1 amide bonds. The highest BCUT2D eigenvalue weighted by atomic mass is 35.5. The van der Waals surface area contributed by atoms with Crippen molar-refractivity contribution < 1.29 is 14.3 Å². The average Bonchev–Trinajstić information content (AvgIpc) is 2.45. The molecule has 0 spiro atoms. The molecule has 0 aromatic heterocycles. The van der Waals surface area contributed by atoms with Crippen molar-refractivity contribution >= 4 is 29.2 Å². The molecule has 2 rings (SSSR count). The van der Waals surface area contributed by atoms with Crippen molar-refractivity contribution in [1.29, 1.82) is 0 Å². The third-order valence-corrected chi connectivity index (χ3v) is 3.60. The number of halogens is 1. The first-order chi connectivity index (χ1) is 9.59. The SMILES string of the molecule is Nc1cccc(Cl)c1C(=O)OCC(=O)N1CCCCC1. The highest BCUT2D eigenvalue weighted by molar-refractivity contribution is 6.34. The Morgan fingerprint density at radius 1 is 1.25 bits per heavy atom. The fourth-order valence-electron chi connectivity index (χ4n) is 2.19. The van der Waals surface area contributed by atoms with Crippen LogP contribution in [0.4, 0.5) is 5.69 Å². The molecule has 5 nitrogen and oxygen atoms in total. The molecule has 0 radical (unpaired) electrons. The monoisotopic (exact) mass is 296 g/mol. The molecule has 0 bridgehead atoms. The van der Waals surface area contributed by atoms with E-state index in [-0.39, 0.29) is 28.8 Å². The minimum absolute atomic E-state index is 0.112. The summed E-state index contributed by atoms with van der Waals surface area (Å²) in [6.07, 6.45) is 3.13. The number of nitrogens with two attached hydrogens (primary N) is 1. The Hall–Kier alpha value is -1.75. The molecule has 1 aliphatic rings. The number of rotatable bonds is 3. The fraction of sp³-hybridized carbons (Fsp3) is 0.429. The molecule has 1 aliphatic heterocycles. The summed E-state index contributed by atoms with van der Waals surface area (Å²) in [5, 5.41) is 0.223. The van der Waals surface area contributed by atoms with Crippen molar-refractivity contribution in [2.45, 2.75) is 19.3 Å². The first-order valence-corrected chi connectivity index (χ1v) is 6.96. The summed E-state index contributed by atoms with van der Waals surface area (Å²) >= 11 is 5.91. The lowest BCUT2D eigenvalue weighted by Gasteiger charge is -2.26. The molecule has 6 heteroatoms. The van der Waals surface area contributed by atoms with Gasteiger partial charge in [-0.05, 0) is 31.4 Å². The minimum Gasteiger partial charge on any atom is -0.452 e. The molecule has 108 valence electrons. The minimum atomic E-state index is -0.668. The number of ether oxygens (including phenoxy) is 1. The van der Waals surface area contributed by atoms with Crippen LogP contribution in [-0.2, 0) is 9.53 Å². The van der Waals surface area contributed by atoms with Gasteiger partial charge in [0, 0.05) is 18.8 Å². The second kappa shape index (κ2) is 6.61. The summed E-state index contributed by atoms with van der Waals surface area (Å²) in [7, 11) is 0. The maximum Gasteiger partial charge on any atom is 0.342 e. The Morgan fingerprint density at radius 2 is 1.95 bits per heavy atom. The summed E-state index contributed by atoms with van der Waals surface area (Å²) in [4.78, 5) is 25.5. The van der Waals surface area contributed by atoms with E-state index in [0.717, 1.165) is 32.4 Å². The maximum absolute atomic E-state index is 11.9. The predicted molar refractivity (Wildman–Crippen MR) is 76.6 cm³/mol. The predicted octanol–water partition coefficient (Wildman–Crippen LogP) is 2.09. The summed E-state index contributed by atoms with van der Waals surface area (Å²) in [5.74, 6) is -0.845. The molecule has 2 N–H and O–H groups in total. The van der Waals surface area contributed by atoms with Crippen molar-refractivity contribution in [2.24, 2.45) is 0 Å². The standard InChI is InChI=1S/C14H17ClN2O3/c15-10-5-4-6-11(16)13(10)14(19)20-9-12(18)17-7-2-1-3-8-17/h4-6H,1-3,7-9,16H2. The van der Waals surface area contributed by atoms with E-state index >= 15 is 0 Å². The van der Waals surface area contributed by atoms with Crippen molar-refractivity contribution in [3.8, 4) is 0 Å². The number of nitrogen functional groups attached to an aromatic ring is 1. The number of hydrogen-bond acceptors (Lipinski definition) is 4. The van der Waals surface area contributed by atoms with E-state index in [1.807, 2.05) is 0 Å². The van der Waals surface area contributed by atoms with E-state index < -0.39 is 5.97 Å². The molecule has 1 saturated heterocycles. The highest BCUT2D eigenvalue weighted by Crippen LogP contribution is 2.22. The van der Waals surface area contributed by atoms with Gasteiger partial charge in [0.2, 0.25) is 0 Å². The van der Waals surface area contributed by atoms with Gasteiger partial charge in [-0.15, -0.1) is 0 Å². The molecular weight excluding hydrogens is 280 g/mol. The molecule has 0 saturated carbocycles. The summed E-state index contributed by atoms with van der Waals surface area (Å²) in [5.41, 5.74) is 6.05. The van der Waals surface area contributed by atoms with Gasteiger partial charge in [0.15, 0.2) is 6.61 Å². The van der Waals surface area contributed by atoms with E-state index in [1.165, 1.54) is 0 Å². The topological polar surface area (TPSA) is 72.6 Å². The number of nitrogens with zero attached hydrogens (tertiary/aromatic N) is 1. The number of anilines is 1. The maximum atomic E-state index is 11.9. The second-order valence-electron chi connectivity index (χ2n) is 4.72. The normalized spacial score (nSPS) is 14.9. The smallest absolute Gasteiger partial charge is 0.342 e. The van der Waals surface area contributed by atoms with Gasteiger partial charge in [-0.1, -0.05) is 17.7 Å². The Balaban J connectivity index is 1.93. The number of amides is 1. The van der Waals surface area contributed by atoms with Crippen LogP contribution in [0.15, 0.2) is 18.2 Å². The first-order valence-electron chi connectivity index (χ1n) is 6.58. The van der Waals surface area contributed by atoms with Gasteiger partial charge in [-0.25, -0.2) is 4.79 Å². The van der Waals surface area contributed by atoms with Crippen LogP contribution < -0.4 is 5.73 Å². The Morgan fingerprint density at radius 3 is 2.60 bits per heavy atom. The molecule has 1 heterocycles. The van der Waals surface area contributed by atoms with Crippen molar-refractivity contribution in [2.75, 3.05) is 25.4 Å². The largest absolute Gasteiger partial charge is 0.452 e. The average molecular weight is 297 g/mol. The molecule has 0 atom stereocenters. The molecule has 0 aliphatic carbocycles. The van der Waals surface area contributed by atoms with Crippen molar-refractivity contribution in [3.05, 3.63) is 28.8 Å². The fourth-order valence-corrected chi connectivity index (χ4v) is 2.45. The van der Waals surface area contributed by atoms with Crippen molar-refractivity contribution in [1.82, 2.24) is 4.90 Å². The van der Waals surface area contributed by atoms with Crippen LogP contribution in [-0.4, -0.2) is 36.5 Å². The number of esters is 1. The number of carbonyl (C=O) groups is 2. The number of benzene rings is 1.